The van der Waals surface area contributed by atoms with E-state index in [4.69, 9.17) is 4.74 Å². The number of hydrogen-bond donors (Lipinski definition) is 0. The van der Waals surface area contributed by atoms with Crippen LogP contribution in [-0.4, -0.2) is 59.0 Å². The van der Waals surface area contributed by atoms with Gasteiger partial charge in [-0.15, -0.1) is 0 Å². The maximum Gasteiger partial charge on any atom is 0.310 e. The third kappa shape index (κ3) is 4.70. The van der Waals surface area contributed by atoms with E-state index in [0.717, 1.165) is 31.1 Å². The van der Waals surface area contributed by atoms with Crippen LogP contribution in [0.15, 0.2) is 36.5 Å². The Hall–Kier alpha value is -2.74. The van der Waals surface area contributed by atoms with Crippen LogP contribution >= 0.6 is 0 Å². The Morgan fingerprint density at radius 2 is 1.97 bits per heavy atom. The van der Waals surface area contributed by atoms with Crippen LogP contribution in [0.2, 0.25) is 0 Å². The molecule has 1 fully saturated rings. The molecular formula is C24H29F2N3O3. The second-order valence-corrected chi connectivity index (χ2v) is 8.45. The van der Waals surface area contributed by atoms with Crippen molar-refractivity contribution in [1.82, 2.24) is 14.4 Å². The summed E-state index contributed by atoms with van der Waals surface area (Å²) in [4.78, 5) is 29.1. The van der Waals surface area contributed by atoms with Gasteiger partial charge in [-0.05, 0) is 44.4 Å². The van der Waals surface area contributed by atoms with Gasteiger partial charge in [-0.3, -0.25) is 14.5 Å². The predicted molar refractivity (Wildman–Crippen MR) is 115 cm³/mol. The molecule has 2 aliphatic heterocycles. The van der Waals surface area contributed by atoms with Crippen molar-refractivity contribution in [2.45, 2.75) is 38.8 Å². The van der Waals surface area contributed by atoms with Crippen LogP contribution in [0.5, 0.6) is 0 Å². The fraction of sp³-hybridized carbons (Fsp3) is 0.500. The van der Waals surface area contributed by atoms with E-state index in [1.54, 1.807) is 11.8 Å². The quantitative estimate of drug-likeness (QED) is 0.663. The molecule has 1 aromatic heterocycles. The highest BCUT2D eigenvalue weighted by atomic mass is 19.1. The lowest BCUT2D eigenvalue weighted by atomic mass is 9.97. The first-order chi connectivity index (χ1) is 15.5. The first kappa shape index (κ1) is 22.5. The van der Waals surface area contributed by atoms with Crippen LogP contribution in [0.25, 0.3) is 0 Å². The normalized spacial score (nSPS) is 21.7. The highest BCUT2D eigenvalue weighted by molar-refractivity contribution is 5.80. The molecule has 1 aromatic carbocycles. The van der Waals surface area contributed by atoms with Crippen LogP contribution in [0, 0.1) is 17.6 Å². The smallest absolute Gasteiger partial charge is 0.310 e. The molecule has 2 aromatic rings. The average Bonchev–Trinajstić information content (AvgIpc) is 3.17. The number of halogens is 2. The van der Waals surface area contributed by atoms with Crippen molar-refractivity contribution in [3.63, 3.8) is 0 Å². The Labute approximate surface area is 186 Å². The maximum absolute atomic E-state index is 14.8. The summed E-state index contributed by atoms with van der Waals surface area (Å²) in [6.45, 7) is 4.49. The van der Waals surface area contributed by atoms with E-state index in [0.29, 0.717) is 38.2 Å². The molecule has 3 heterocycles. The lowest BCUT2D eigenvalue weighted by molar-refractivity contribution is -0.151. The van der Waals surface area contributed by atoms with Crippen LogP contribution < -0.4 is 0 Å². The van der Waals surface area contributed by atoms with E-state index >= 15 is 0 Å². The highest BCUT2D eigenvalue weighted by Gasteiger charge is 2.34. The zero-order valence-electron chi connectivity index (χ0n) is 18.3. The van der Waals surface area contributed by atoms with Gasteiger partial charge in [0.1, 0.15) is 11.6 Å². The monoisotopic (exact) mass is 445 g/mol. The molecule has 32 heavy (non-hydrogen) atoms. The van der Waals surface area contributed by atoms with Gasteiger partial charge in [-0.1, -0.05) is 6.07 Å². The molecule has 0 saturated carbocycles. The molecule has 8 heteroatoms. The largest absolute Gasteiger partial charge is 0.466 e. The molecule has 1 saturated heterocycles. The highest BCUT2D eigenvalue weighted by Crippen LogP contribution is 2.33. The average molecular weight is 446 g/mol. The fourth-order valence-corrected chi connectivity index (χ4v) is 4.82. The molecule has 2 atom stereocenters. The zero-order valence-corrected chi connectivity index (χ0v) is 18.3. The minimum Gasteiger partial charge on any atom is -0.466 e. The summed E-state index contributed by atoms with van der Waals surface area (Å²) in [7, 11) is 0. The van der Waals surface area contributed by atoms with Gasteiger partial charge < -0.3 is 14.2 Å². The summed E-state index contributed by atoms with van der Waals surface area (Å²) in [5.74, 6) is -1.91. The van der Waals surface area contributed by atoms with Crippen LogP contribution in [0.3, 0.4) is 0 Å². The van der Waals surface area contributed by atoms with Crippen molar-refractivity contribution >= 4 is 11.9 Å². The van der Waals surface area contributed by atoms with Gasteiger partial charge in [-0.25, -0.2) is 8.78 Å². The molecule has 172 valence electrons. The first-order valence-electron chi connectivity index (χ1n) is 11.3. The van der Waals surface area contributed by atoms with Gasteiger partial charge >= 0.3 is 5.97 Å². The lowest BCUT2D eigenvalue weighted by Gasteiger charge is -2.35. The van der Waals surface area contributed by atoms with Crippen molar-refractivity contribution < 1.29 is 23.1 Å². The van der Waals surface area contributed by atoms with E-state index in [1.165, 1.54) is 12.1 Å². The molecule has 1 amide bonds. The third-order valence-corrected chi connectivity index (χ3v) is 6.34. The van der Waals surface area contributed by atoms with E-state index in [1.807, 2.05) is 23.2 Å². The predicted octanol–water partition coefficient (Wildman–Crippen LogP) is 3.36. The molecule has 2 aliphatic rings. The Kier molecular flexibility index (Phi) is 6.89. The third-order valence-electron chi connectivity index (χ3n) is 6.34. The number of aromatic nitrogens is 1. The molecule has 2 unspecified atom stereocenters. The van der Waals surface area contributed by atoms with Gasteiger partial charge in [0.05, 0.1) is 25.1 Å². The van der Waals surface area contributed by atoms with Crippen LogP contribution in [-0.2, 0) is 20.9 Å². The number of aryl methyl sites for hydroxylation is 1. The van der Waals surface area contributed by atoms with E-state index in [-0.39, 0.29) is 24.3 Å². The minimum atomic E-state index is -0.629. The molecule has 0 aliphatic carbocycles. The summed E-state index contributed by atoms with van der Waals surface area (Å²) in [5, 5.41) is 0. The van der Waals surface area contributed by atoms with Gasteiger partial charge in [0, 0.05) is 49.7 Å². The second kappa shape index (κ2) is 9.81. The first-order valence-corrected chi connectivity index (χ1v) is 11.3. The number of carbonyl (C=O) groups is 2. The number of nitrogens with zero attached hydrogens (tertiary/aromatic N) is 3. The number of carbonyl (C=O) groups excluding carboxylic acids is 2. The van der Waals surface area contributed by atoms with Gasteiger partial charge in [0.2, 0.25) is 5.91 Å². The molecule has 0 spiro atoms. The van der Waals surface area contributed by atoms with Crippen molar-refractivity contribution in [1.29, 1.82) is 0 Å². The molecule has 0 radical (unpaired) electrons. The summed E-state index contributed by atoms with van der Waals surface area (Å²) in [6.07, 6.45) is 4.21. The lowest BCUT2D eigenvalue weighted by Crippen LogP contribution is -2.47. The van der Waals surface area contributed by atoms with Gasteiger partial charge in [0.15, 0.2) is 0 Å². The topological polar surface area (TPSA) is 54.8 Å². The number of amides is 1. The number of esters is 1. The van der Waals surface area contributed by atoms with Crippen molar-refractivity contribution in [3.8, 4) is 0 Å². The standard InChI is InChI=1S/C24H29F2N3O3/c1-2-32-24(31)17-6-3-11-28(15-17)22(30)16-29-13-5-12-27-10-4-7-21(27)23(29)19-9-8-18(25)14-20(19)26/h4,7-10,14,17,23H,2-3,5-6,11-13,15-16H2,1H3. The number of hydrogen-bond acceptors (Lipinski definition) is 4. The molecule has 0 N–H and O–H groups in total. The minimum absolute atomic E-state index is 0.0912. The van der Waals surface area contributed by atoms with E-state index < -0.39 is 17.7 Å². The Morgan fingerprint density at radius 1 is 1.12 bits per heavy atom. The second-order valence-electron chi connectivity index (χ2n) is 8.45. The number of benzene rings is 1. The summed E-state index contributed by atoms with van der Waals surface area (Å²) >= 11 is 0. The number of fused-ring (bicyclic) bond motifs is 1. The van der Waals surface area contributed by atoms with E-state index in [2.05, 4.69) is 4.57 Å². The van der Waals surface area contributed by atoms with Gasteiger partial charge in [-0.2, -0.15) is 0 Å². The van der Waals surface area contributed by atoms with Crippen molar-refractivity contribution in [2.24, 2.45) is 5.92 Å². The summed E-state index contributed by atoms with van der Waals surface area (Å²) in [5.41, 5.74) is 1.23. The Bertz CT molecular complexity index is 977. The summed E-state index contributed by atoms with van der Waals surface area (Å²) in [6, 6.07) is 6.94. The van der Waals surface area contributed by atoms with Gasteiger partial charge in [0.25, 0.3) is 0 Å². The fourth-order valence-electron chi connectivity index (χ4n) is 4.82. The number of ether oxygens (including phenoxy) is 1. The Balaban J connectivity index is 1.57. The van der Waals surface area contributed by atoms with E-state index in [9.17, 15) is 18.4 Å². The molecular weight excluding hydrogens is 416 g/mol. The zero-order chi connectivity index (χ0) is 22.7. The molecule has 0 bridgehead atoms. The molecule has 4 rings (SSSR count). The van der Waals surface area contributed by atoms with Crippen molar-refractivity contribution in [3.05, 3.63) is 59.4 Å². The summed E-state index contributed by atoms with van der Waals surface area (Å²) < 4.78 is 35.6. The van der Waals surface area contributed by atoms with Crippen LogP contribution in [0.4, 0.5) is 8.78 Å². The number of likely N-dealkylation sites (tertiary alicyclic amines) is 1. The number of rotatable bonds is 5. The SMILES string of the molecule is CCOC(=O)C1CCCN(C(=O)CN2CCCn3cccc3C2c2ccc(F)cc2F)C1. The Morgan fingerprint density at radius 3 is 2.75 bits per heavy atom. The van der Waals surface area contributed by atoms with Crippen LogP contribution in [0.1, 0.15) is 43.5 Å². The molecule has 6 nitrogen and oxygen atoms in total. The number of piperidine rings is 1. The maximum atomic E-state index is 14.8. The van der Waals surface area contributed by atoms with Crippen molar-refractivity contribution in [2.75, 3.05) is 32.8 Å².